The second-order valence-corrected chi connectivity index (χ2v) is 24.3. The highest BCUT2D eigenvalue weighted by molar-refractivity contribution is 8.04. The van der Waals surface area contributed by atoms with Crippen molar-refractivity contribution < 1.29 is 0 Å². The predicted octanol–water partition coefficient (Wildman–Crippen LogP) is 13.7. The maximum absolute atomic E-state index is 6.64. The van der Waals surface area contributed by atoms with Gasteiger partial charge in [-0.15, -0.1) is 7.92 Å². The minimum atomic E-state index is -0.908. The Balaban J connectivity index is -0.000000333. The van der Waals surface area contributed by atoms with E-state index in [2.05, 4.69) is 133 Å². The molecule has 4 atom stereocenters. The summed E-state index contributed by atoms with van der Waals surface area (Å²) in [6.45, 7) is 26.2. The first-order valence-electron chi connectivity index (χ1n) is 13.9. The van der Waals surface area contributed by atoms with Crippen molar-refractivity contribution in [2.24, 2.45) is 0 Å². The number of aryl methyl sites for hydroxylation is 2. The molecular formula is C33H67Cl3N2P6. The van der Waals surface area contributed by atoms with Crippen LogP contribution in [-0.2, 0) is 13.1 Å². The molecule has 260 valence electrons. The molecule has 4 unspecified atom stereocenters. The van der Waals surface area contributed by atoms with Crippen LogP contribution >= 0.6 is 83.6 Å². The molecule has 0 radical (unpaired) electrons. The molecule has 0 bridgehead atoms. The van der Waals surface area contributed by atoms with Gasteiger partial charge in [-0.2, -0.15) is 19.8 Å². The molecule has 2 rings (SSSR count). The Labute approximate surface area is 301 Å². The summed E-state index contributed by atoms with van der Waals surface area (Å²) in [5.74, 6) is 0. The van der Waals surface area contributed by atoms with Crippen LogP contribution in [0.3, 0.4) is 0 Å². The second kappa shape index (κ2) is 25.7. The fourth-order valence-electron chi connectivity index (χ4n) is 3.99. The summed E-state index contributed by atoms with van der Waals surface area (Å²) in [4.78, 5) is 0. The van der Waals surface area contributed by atoms with Crippen LogP contribution in [0.1, 0.15) is 78.6 Å². The van der Waals surface area contributed by atoms with Crippen molar-refractivity contribution in [1.29, 1.82) is 0 Å². The van der Waals surface area contributed by atoms with Gasteiger partial charge in [0.2, 0.25) is 0 Å². The third-order valence-electron chi connectivity index (χ3n) is 6.45. The minimum Gasteiger partial charge on any atom is -0.273 e. The monoisotopic (exact) mass is 782 g/mol. The van der Waals surface area contributed by atoms with Crippen molar-refractivity contribution in [3.63, 3.8) is 0 Å². The first kappa shape index (κ1) is 52.6. The van der Waals surface area contributed by atoms with Crippen LogP contribution in [0.2, 0.25) is 0 Å². The van der Waals surface area contributed by atoms with E-state index in [4.69, 9.17) is 33.7 Å². The van der Waals surface area contributed by atoms with Gasteiger partial charge in [0.05, 0.1) is 14.1 Å². The average Bonchev–Trinajstić information content (AvgIpc) is 2.84. The van der Waals surface area contributed by atoms with E-state index in [-0.39, 0.29) is 61.7 Å². The van der Waals surface area contributed by atoms with E-state index in [1.165, 1.54) is 34.6 Å². The molecule has 2 aromatic carbocycles. The van der Waals surface area contributed by atoms with Gasteiger partial charge >= 0.3 is 0 Å². The highest BCUT2D eigenvalue weighted by atomic mass is 35.9. The van der Waals surface area contributed by atoms with Gasteiger partial charge in [-0.05, 0) is 107 Å². The fourth-order valence-corrected chi connectivity index (χ4v) is 13.8. The summed E-state index contributed by atoms with van der Waals surface area (Å²) < 4.78 is 5.08. The van der Waals surface area contributed by atoms with Crippen LogP contribution < -0.4 is 0 Å². The van der Waals surface area contributed by atoms with Gasteiger partial charge in [-0.25, -0.2) is 0 Å². The molecule has 44 heavy (non-hydrogen) atoms. The van der Waals surface area contributed by atoms with Gasteiger partial charge in [-0.1, -0.05) is 108 Å². The lowest BCUT2D eigenvalue weighted by Crippen LogP contribution is -2.37. The number of rotatable bonds is 12. The quantitative estimate of drug-likeness (QED) is 0.198. The van der Waals surface area contributed by atoms with Crippen LogP contribution in [0.15, 0.2) is 48.5 Å². The van der Waals surface area contributed by atoms with Crippen molar-refractivity contribution in [1.82, 2.24) is 9.34 Å². The third-order valence-corrected chi connectivity index (χ3v) is 15.2. The van der Waals surface area contributed by atoms with Gasteiger partial charge in [0.15, 0.2) is 0 Å². The van der Waals surface area contributed by atoms with Crippen LogP contribution in [-0.4, -0.2) is 65.1 Å². The van der Waals surface area contributed by atoms with E-state index in [1.807, 2.05) is 0 Å². The Morgan fingerprint density at radius 2 is 0.932 bits per heavy atom. The molecule has 11 heteroatoms. The summed E-state index contributed by atoms with van der Waals surface area (Å²) in [5, 5.41) is 0. The van der Waals surface area contributed by atoms with E-state index in [9.17, 15) is 0 Å². The summed E-state index contributed by atoms with van der Waals surface area (Å²) in [5.41, 5.74) is 5.62. The number of benzene rings is 2. The summed E-state index contributed by atoms with van der Waals surface area (Å²) >= 11 is 18.4. The largest absolute Gasteiger partial charge is 0.273 e. The normalized spacial score (nSPS) is 12.8. The van der Waals surface area contributed by atoms with Crippen LogP contribution in [0, 0.1) is 13.8 Å². The SMILES string of the molecule is C.C.Cc1ccc(CN(P(C)CCP(C)C)C(C)(C)C)cc1.Cc1ccc(CN(P(Cl)CCP(Cl)Cl)C(C)(C)C)cc1.P.P. The molecular weight excluding hydrogens is 717 g/mol. The van der Waals surface area contributed by atoms with Crippen molar-refractivity contribution in [3.05, 3.63) is 70.8 Å². The molecule has 0 aliphatic rings. The first-order chi connectivity index (χ1) is 18.4. The molecule has 0 heterocycles. The van der Waals surface area contributed by atoms with E-state index in [0.717, 1.165) is 25.4 Å². The Bertz CT molecular complexity index is 886. The molecule has 0 N–H and O–H groups in total. The molecule has 0 saturated heterocycles. The second-order valence-electron chi connectivity index (χ2n) is 12.7. The standard InChI is InChI=1S/C17H31NP2.C14H22Cl3NP2.2CH4.2H3P/c1-15-8-10-16(11-9-15)14-18(17(2,3)4)20(7)13-12-19(5)6;1-12-5-7-13(8-6-12)11-18(14(2,3)4)20(17)10-9-19(15)16;;;;/h8-11H,12-14H2,1-7H3;5-8H,9-11H2,1-4H3;2*1H4;2*1H3. The zero-order valence-corrected chi connectivity index (χ0v) is 36.8. The predicted molar refractivity (Wildman–Crippen MR) is 231 cm³/mol. The molecule has 0 saturated carbocycles. The van der Waals surface area contributed by atoms with Gasteiger partial charge in [0.1, 0.15) is 0 Å². The highest BCUT2D eigenvalue weighted by Gasteiger charge is 2.28. The molecule has 0 aliphatic carbocycles. The van der Waals surface area contributed by atoms with E-state index in [0.29, 0.717) is 0 Å². The van der Waals surface area contributed by atoms with Crippen molar-refractivity contribution in [2.45, 2.75) is 94.4 Å². The van der Waals surface area contributed by atoms with Crippen molar-refractivity contribution in [3.8, 4) is 0 Å². The Kier molecular flexibility index (Phi) is 30.8. The summed E-state index contributed by atoms with van der Waals surface area (Å²) in [7, 11) is -0.557. The zero-order chi connectivity index (χ0) is 30.7. The minimum absolute atomic E-state index is 0. The van der Waals surface area contributed by atoms with E-state index in [1.54, 1.807) is 0 Å². The molecule has 0 fully saturated rings. The number of hydrogen-bond acceptors (Lipinski definition) is 2. The van der Waals surface area contributed by atoms with Crippen molar-refractivity contribution >= 4 is 83.6 Å². The average molecular weight is 784 g/mol. The van der Waals surface area contributed by atoms with Crippen LogP contribution in [0.25, 0.3) is 0 Å². The Hall–Kier alpha value is 1.81. The molecule has 0 aliphatic heterocycles. The molecule has 0 amide bonds. The van der Waals surface area contributed by atoms with Gasteiger partial charge in [-0.3, -0.25) is 9.34 Å². The Morgan fingerprint density at radius 3 is 1.25 bits per heavy atom. The molecule has 0 spiro atoms. The number of halogens is 3. The van der Waals surface area contributed by atoms with Gasteiger partial charge in [0, 0.05) is 36.5 Å². The molecule has 2 nitrogen and oxygen atoms in total. The maximum Gasteiger partial charge on any atom is 0.0859 e. The summed E-state index contributed by atoms with van der Waals surface area (Å²) in [6.07, 6.45) is 4.45. The lowest BCUT2D eigenvalue weighted by molar-refractivity contribution is 0.257. The van der Waals surface area contributed by atoms with Gasteiger partial charge in [0.25, 0.3) is 0 Å². The summed E-state index contributed by atoms with van der Waals surface area (Å²) in [6, 6.07) is 17.6. The van der Waals surface area contributed by atoms with E-state index >= 15 is 0 Å². The topological polar surface area (TPSA) is 6.48 Å². The number of nitrogens with zero attached hydrogens (tertiary/aromatic N) is 2. The first-order valence-corrected chi connectivity index (χ1v) is 24.0. The third kappa shape index (κ3) is 22.4. The molecule has 0 aromatic heterocycles. The zero-order valence-electron chi connectivity index (χ0n) is 28.1. The smallest absolute Gasteiger partial charge is 0.0859 e. The lowest BCUT2D eigenvalue weighted by Gasteiger charge is -2.40. The number of hydrogen-bond donors (Lipinski definition) is 0. The Morgan fingerprint density at radius 1 is 0.568 bits per heavy atom. The van der Waals surface area contributed by atoms with E-state index < -0.39 is 14.1 Å². The molecule has 2 aromatic rings. The van der Waals surface area contributed by atoms with Crippen molar-refractivity contribution in [2.75, 3.05) is 44.6 Å². The van der Waals surface area contributed by atoms with Crippen LogP contribution in [0.4, 0.5) is 0 Å². The van der Waals surface area contributed by atoms with Crippen LogP contribution in [0.5, 0.6) is 0 Å². The van der Waals surface area contributed by atoms with Gasteiger partial charge < -0.3 is 0 Å². The fraction of sp³-hybridized carbons (Fsp3) is 0.636. The lowest BCUT2D eigenvalue weighted by atomic mass is 10.1. The highest BCUT2D eigenvalue weighted by Crippen LogP contribution is 2.55. The maximum atomic E-state index is 6.64.